The highest BCUT2D eigenvalue weighted by molar-refractivity contribution is 6.79. The molecule has 1 fully saturated rings. The molecule has 2 heterocycles. The number of anilines is 1. The SMILES string of the molecule is C[Si](C)(C)OC[C@H]1O[C@@H](n2ccc(N)nc2=O)C[C@@]1(O)[Si](C)(C)C. The Hall–Kier alpha value is -1.01. The highest BCUT2D eigenvalue weighted by atomic mass is 28.4. The van der Waals surface area contributed by atoms with Gasteiger partial charge in [-0.15, -0.1) is 0 Å². The number of hydrogen-bond acceptors (Lipinski definition) is 6. The summed E-state index contributed by atoms with van der Waals surface area (Å²) in [7, 11) is -3.74. The van der Waals surface area contributed by atoms with Crippen molar-refractivity contribution in [2.45, 2.75) is 63.3 Å². The summed E-state index contributed by atoms with van der Waals surface area (Å²) in [5, 5.41) is 10.4. The number of hydrogen-bond donors (Lipinski definition) is 2. The normalized spacial score (nSPS) is 28.3. The van der Waals surface area contributed by atoms with Crippen LogP contribution in [0.25, 0.3) is 0 Å². The molecular weight excluding hydrogens is 342 g/mol. The minimum atomic E-state index is -2.01. The van der Waals surface area contributed by atoms with Gasteiger partial charge in [-0.3, -0.25) is 4.57 Å². The first-order chi connectivity index (χ1) is 10.8. The third-order valence-electron chi connectivity index (χ3n) is 4.47. The Bertz CT molecular complexity index is 653. The lowest BCUT2D eigenvalue weighted by Crippen LogP contribution is -2.59. The van der Waals surface area contributed by atoms with Gasteiger partial charge in [0, 0.05) is 12.6 Å². The second kappa shape index (κ2) is 6.38. The van der Waals surface area contributed by atoms with E-state index in [1.54, 1.807) is 12.3 Å². The minimum Gasteiger partial charge on any atom is -0.415 e. The average molecular weight is 372 g/mol. The summed E-state index contributed by atoms with van der Waals surface area (Å²) < 4.78 is 13.5. The number of ether oxygens (including phenoxy) is 1. The van der Waals surface area contributed by atoms with Gasteiger partial charge >= 0.3 is 5.69 Å². The summed E-state index contributed by atoms with van der Waals surface area (Å²) in [4.78, 5) is 15.9. The van der Waals surface area contributed by atoms with E-state index in [9.17, 15) is 9.90 Å². The molecule has 0 bridgehead atoms. The van der Waals surface area contributed by atoms with E-state index in [1.165, 1.54) is 4.57 Å². The largest absolute Gasteiger partial charge is 0.415 e. The summed E-state index contributed by atoms with van der Waals surface area (Å²) >= 11 is 0. The molecule has 3 atom stereocenters. The van der Waals surface area contributed by atoms with Gasteiger partial charge in [-0.25, -0.2) is 4.79 Å². The van der Waals surface area contributed by atoms with Gasteiger partial charge < -0.3 is 20.0 Å². The van der Waals surface area contributed by atoms with Gasteiger partial charge in [0.15, 0.2) is 8.32 Å². The van der Waals surface area contributed by atoms with Crippen LogP contribution in [0, 0.1) is 0 Å². The lowest BCUT2D eigenvalue weighted by Gasteiger charge is -2.39. The van der Waals surface area contributed by atoms with Crippen molar-refractivity contribution in [2.75, 3.05) is 12.3 Å². The Morgan fingerprint density at radius 3 is 2.54 bits per heavy atom. The molecule has 0 radical (unpaired) electrons. The molecule has 1 saturated heterocycles. The summed E-state index contributed by atoms with van der Waals surface area (Å²) in [5.41, 5.74) is 5.08. The predicted molar refractivity (Wildman–Crippen MR) is 99.0 cm³/mol. The van der Waals surface area contributed by atoms with Crippen LogP contribution in [0.4, 0.5) is 5.82 Å². The number of rotatable bonds is 5. The molecule has 0 unspecified atom stereocenters. The number of nitrogen functional groups attached to an aromatic ring is 1. The third-order valence-corrected chi connectivity index (χ3v) is 8.62. The summed E-state index contributed by atoms with van der Waals surface area (Å²) in [6, 6.07) is 1.56. The standard InChI is InChI=1S/C15H29N3O4Si2/c1-23(2,3)15(20)9-13(18-8-7-12(16)17-14(18)19)22-11(15)10-21-24(4,5)6/h7-8,11,13,20H,9-10H2,1-6H3,(H2,16,17,19)/t11-,13-,15-/m1/s1. The van der Waals surface area contributed by atoms with Crippen LogP contribution in [-0.2, 0) is 9.16 Å². The summed E-state index contributed by atoms with van der Waals surface area (Å²) in [6.07, 6.45) is 0.915. The van der Waals surface area contributed by atoms with Crippen LogP contribution in [0.2, 0.25) is 39.3 Å². The average Bonchev–Trinajstić information content (AvgIpc) is 2.73. The van der Waals surface area contributed by atoms with Gasteiger partial charge in [-0.2, -0.15) is 4.98 Å². The van der Waals surface area contributed by atoms with Crippen molar-refractivity contribution < 1.29 is 14.3 Å². The molecule has 9 heteroatoms. The fourth-order valence-electron chi connectivity index (χ4n) is 2.85. The van der Waals surface area contributed by atoms with Crippen LogP contribution in [0.15, 0.2) is 17.1 Å². The lowest BCUT2D eigenvalue weighted by molar-refractivity contribution is -0.0551. The van der Waals surface area contributed by atoms with Crippen molar-refractivity contribution in [2.24, 2.45) is 0 Å². The van der Waals surface area contributed by atoms with Gasteiger partial charge in [0.05, 0.1) is 19.9 Å². The molecule has 1 aromatic heterocycles. The third kappa shape index (κ3) is 3.97. The molecule has 1 aliphatic heterocycles. The van der Waals surface area contributed by atoms with E-state index in [1.807, 2.05) is 0 Å². The zero-order valence-electron chi connectivity index (χ0n) is 15.4. The molecule has 0 spiro atoms. The van der Waals surface area contributed by atoms with Crippen LogP contribution in [0.5, 0.6) is 0 Å². The molecule has 7 nitrogen and oxygen atoms in total. The second-order valence-electron chi connectivity index (χ2n) is 8.42. The molecule has 24 heavy (non-hydrogen) atoms. The van der Waals surface area contributed by atoms with Crippen molar-refractivity contribution in [3.63, 3.8) is 0 Å². The van der Waals surface area contributed by atoms with Crippen LogP contribution < -0.4 is 11.4 Å². The maximum Gasteiger partial charge on any atom is 0.351 e. The summed E-state index contributed by atoms with van der Waals surface area (Å²) in [6.45, 7) is 12.9. The highest BCUT2D eigenvalue weighted by Crippen LogP contribution is 2.42. The fourth-order valence-corrected chi connectivity index (χ4v) is 5.40. The molecule has 0 saturated carbocycles. The number of aliphatic hydroxyl groups is 1. The maximum absolute atomic E-state index is 12.1. The van der Waals surface area contributed by atoms with E-state index in [2.05, 4.69) is 44.3 Å². The molecule has 0 aromatic carbocycles. The van der Waals surface area contributed by atoms with E-state index in [0.29, 0.717) is 13.0 Å². The quantitative estimate of drug-likeness (QED) is 0.762. The van der Waals surface area contributed by atoms with E-state index in [4.69, 9.17) is 14.9 Å². The molecule has 0 aliphatic carbocycles. The molecule has 0 amide bonds. The van der Waals surface area contributed by atoms with Gasteiger partial charge in [0.2, 0.25) is 0 Å². The smallest absolute Gasteiger partial charge is 0.351 e. The molecule has 136 valence electrons. The highest BCUT2D eigenvalue weighted by Gasteiger charge is 2.56. The van der Waals surface area contributed by atoms with E-state index in [0.717, 1.165) is 0 Å². The van der Waals surface area contributed by atoms with Gasteiger partial charge in [-0.05, 0) is 25.7 Å². The fraction of sp³-hybridized carbons (Fsp3) is 0.733. The second-order valence-corrected chi connectivity index (χ2v) is 18.3. The van der Waals surface area contributed by atoms with Crippen LogP contribution in [0.3, 0.4) is 0 Å². The van der Waals surface area contributed by atoms with Crippen LogP contribution in [0.1, 0.15) is 12.6 Å². The first-order valence-electron chi connectivity index (χ1n) is 8.20. The molecular formula is C15H29N3O4Si2. The molecule has 1 aromatic rings. The van der Waals surface area contributed by atoms with Crippen LogP contribution in [-0.4, -0.2) is 49.0 Å². The van der Waals surface area contributed by atoms with Gasteiger partial charge in [0.25, 0.3) is 0 Å². The zero-order chi connectivity index (χ0) is 18.3. The first-order valence-corrected chi connectivity index (χ1v) is 15.1. The number of nitrogens with zero attached hydrogens (tertiary/aromatic N) is 2. The maximum atomic E-state index is 12.1. The number of aromatic nitrogens is 2. The van der Waals surface area contributed by atoms with E-state index in [-0.39, 0.29) is 5.82 Å². The zero-order valence-corrected chi connectivity index (χ0v) is 17.4. The summed E-state index contributed by atoms with van der Waals surface area (Å²) in [5.74, 6) is 0.174. The van der Waals surface area contributed by atoms with E-state index >= 15 is 0 Å². The first kappa shape index (κ1) is 19.3. The Labute approximate surface area is 144 Å². The van der Waals surface area contributed by atoms with Crippen LogP contribution >= 0.6 is 0 Å². The van der Waals surface area contributed by atoms with E-state index < -0.39 is 39.6 Å². The van der Waals surface area contributed by atoms with Crippen molar-refractivity contribution in [1.29, 1.82) is 0 Å². The predicted octanol–water partition coefficient (Wildman–Crippen LogP) is 1.57. The molecule has 1 aliphatic rings. The van der Waals surface area contributed by atoms with Gasteiger partial charge in [-0.1, -0.05) is 19.6 Å². The number of nitrogens with two attached hydrogens (primary N) is 1. The Balaban J connectivity index is 2.31. The molecule has 3 N–H and O–H groups in total. The molecule has 2 rings (SSSR count). The Morgan fingerprint density at radius 2 is 2.04 bits per heavy atom. The monoisotopic (exact) mass is 371 g/mol. The van der Waals surface area contributed by atoms with Crippen molar-refractivity contribution in [1.82, 2.24) is 9.55 Å². The van der Waals surface area contributed by atoms with Crippen molar-refractivity contribution in [3.05, 3.63) is 22.7 Å². The van der Waals surface area contributed by atoms with Gasteiger partial charge in [0.1, 0.15) is 18.1 Å². The Morgan fingerprint density at radius 1 is 1.42 bits per heavy atom. The Kier molecular flexibility index (Phi) is 5.13. The minimum absolute atomic E-state index is 0.174. The topological polar surface area (TPSA) is 99.6 Å². The van der Waals surface area contributed by atoms with Crippen molar-refractivity contribution in [3.8, 4) is 0 Å². The lowest BCUT2D eigenvalue weighted by atomic mass is 10.1. The van der Waals surface area contributed by atoms with Crippen molar-refractivity contribution >= 4 is 22.2 Å².